The van der Waals surface area contributed by atoms with Crippen molar-refractivity contribution in [1.82, 2.24) is 10.3 Å². The van der Waals surface area contributed by atoms with Gasteiger partial charge in [0.25, 0.3) is 0 Å². The number of nitrogens with zero attached hydrogens (tertiary/aromatic N) is 2. The highest BCUT2D eigenvalue weighted by Gasteiger charge is 2.32. The van der Waals surface area contributed by atoms with Crippen LogP contribution in [-0.4, -0.2) is 24.6 Å². The predicted molar refractivity (Wildman–Crippen MR) is 83.0 cm³/mol. The molecule has 0 spiro atoms. The Labute approximate surface area is 120 Å². The quantitative estimate of drug-likeness (QED) is 0.907. The number of hydrogen-bond donors (Lipinski definition) is 1. The SMILES string of the molecule is Cc1ccc(N2CCNC(C)(c3ccccc3)C2)cn1. The zero-order chi connectivity index (χ0) is 14.0. The molecule has 1 N–H and O–H groups in total. The van der Waals surface area contributed by atoms with Gasteiger partial charge in [0, 0.05) is 25.3 Å². The summed E-state index contributed by atoms with van der Waals surface area (Å²) in [5, 5.41) is 3.66. The van der Waals surface area contributed by atoms with Crippen LogP contribution >= 0.6 is 0 Å². The highest BCUT2D eigenvalue weighted by Crippen LogP contribution is 2.27. The molecule has 1 saturated heterocycles. The number of benzene rings is 1. The summed E-state index contributed by atoms with van der Waals surface area (Å²) in [6.45, 7) is 7.26. The summed E-state index contributed by atoms with van der Waals surface area (Å²) in [4.78, 5) is 6.83. The van der Waals surface area contributed by atoms with Crippen molar-refractivity contribution in [1.29, 1.82) is 0 Å². The van der Waals surface area contributed by atoms with Crippen LogP contribution in [0.1, 0.15) is 18.2 Å². The lowest BCUT2D eigenvalue weighted by Crippen LogP contribution is -2.56. The lowest BCUT2D eigenvalue weighted by atomic mass is 9.89. The molecule has 20 heavy (non-hydrogen) atoms. The van der Waals surface area contributed by atoms with Gasteiger partial charge < -0.3 is 10.2 Å². The number of aromatic nitrogens is 1. The van der Waals surface area contributed by atoms with Crippen molar-refractivity contribution in [2.45, 2.75) is 19.4 Å². The van der Waals surface area contributed by atoms with E-state index in [1.54, 1.807) is 0 Å². The van der Waals surface area contributed by atoms with Gasteiger partial charge in [-0.05, 0) is 31.5 Å². The van der Waals surface area contributed by atoms with Crippen molar-refractivity contribution in [2.75, 3.05) is 24.5 Å². The van der Waals surface area contributed by atoms with Crippen molar-refractivity contribution in [3.05, 3.63) is 59.9 Å². The first-order valence-corrected chi connectivity index (χ1v) is 7.16. The Morgan fingerprint density at radius 3 is 2.65 bits per heavy atom. The molecule has 1 unspecified atom stereocenters. The topological polar surface area (TPSA) is 28.2 Å². The summed E-state index contributed by atoms with van der Waals surface area (Å²) in [5.74, 6) is 0. The molecule has 1 aliphatic rings. The lowest BCUT2D eigenvalue weighted by molar-refractivity contribution is 0.332. The number of piperazine rings is 1. The van der Waals surface area contributed by atoms with Crippen LogP contribution < -0.4 is 10.2 Å². The number of nitrogens with one attached hydrogen (secondary N) is 1. The minimum absolute atomic E-state index is 0.00953. The Balaban J connectivity index is 1.84. The van der Waals surface area contributed by atoms with Gasteiger partial charge in [0.05, 0.1) is 17.4 Å². The summed E-state index contributed by atoms with van der Waals surface area (Å²) < 4.78 is 0. The fourth-order valence-electron chi connectivity index (χ4n) is 2.85. The van der Waals surface area contributed by atoms with Crippen molar-refractivity contribution >= 4 is 5.69 Å². The standard InChI is InChI=1S/C17H21N3/c1-14-8-9-16(12-18-14)20-11-10-19-17(2,13-20)15-6-4-3-5-7-15/h3-9,12,19H,10-11,13H2,1-2H3. The molecule has 1 aromatic heterocycles. The van der Waals surface area contributed by atoms with E-state index < -0.39 is 0 Å². The average molecular weight is 267 g/mol. The number of hydrogen-bond acceptors (Lipinski definition) is 3. The molecule has 3 rings (SSSR count). The van der Waals surface area contributed by atoms with Gasteiger partial charge in [-0.25, -0.2) is 0 Å². The summed E-state index contributed by atoms with van der Waals surface area (Å²) in [6.07, 6.45) is 1.98. The molecule has 1 aromatic carbocycles. The maximum absolute atomic E-state index is 4.41. The normalized spacial score (nSPS) is 22.8. The Morgan fingerprint density at radius 1 is 1.15 bits per heavy atom. The summed E-state index contributed by atoms with van der Waals surface area (Å²) >= 11 is 0. The minimum Gasteiger partial charge on any atom is -0.367 e. The maximum atomic E-state index is 4.41. The van der Waals surface area contributed by atoms with Crippen molar-refractivity contribution in [3.63, 3.8) is 0 Å². The molecule has 1 aliphatic heterocycles. The lowest BCUT2D eigenvalue weighted by Gasteiger charge is -2.43. The second-order valence-electron chi connectivity index (χ2n) is 5.70. The van der Waals surface area contributed by atoms with Crippen LogP contribution in [0.3, 0.4) is 0 Å². The molecular formula is C17H21N3. The third-order valence-corrected chi connectivity index (χ3v) is 4.08. The van der Waals surface area contributed by atoms with E-state index in [1.165, 1.54) is 11.3 Å². The van der Waals surface area contributed by atoms with Gasteiger partial charge in [-0.3, -0.25) is 4.98 Å². The third-order valence-electron chi connectivity index (χ3n) is 4.08. The van der Waals surface area contributed by atoms with Crippen molar-refractivity contribution in [2.24, 2.45) is 0 Å². The van der Waals surface area contributed by atoms with Crippen molar-refractivity contribution < 1.29 is 0 Å². The predicted octanol–water partition coefficient (Wildman–Crippen LogP) is 2.72. The summed E-state index contributed by atoms with van der Waals surface area (Å²) in [6, 6.07) is 14.9. The molecule has 1 fully saturated rings. The monoisotopic (exact) mass is 267 g/mol. The Bertz CT molecular complexity index is 565. The first-order chi connectivity index (χ1) is 9.67. The molecule has 2 heterocycles. The van der Waals surface area contributed by atoms with E-state index in [1.807, 2.05) is 13.1 Å². The molecular weight excluding hydrogens is 246 g/mol. The highest BCUT2D eigenvalue weighted by atomic mass is 15.2. The van der Waals surface area contributed by atoms with E-state index in [0.717, 1.165) is 25.3 Å². The fraction of sp³-hybridized carbons (Fsp3) is 0.353. The van der Waals surface area contributed by atoms with Crippen LogP contribution in [0, 0.1) is 6.92 Å². The van der Waals surface area contributed by atoms with Crippen LogP contribution in [-0.2, 0) is 5.54 Å². The molecule has 0 bridgehead atoms. The van der Waals surface area contributed by atoms with E-state index in [0.29, 0.717) is 0 Å². The number of aryl methyl sites for hydroxylation is 1. The average Bonchev–Trinajstić information content (AvgIpc) is 2.49. The molecule has 104 valence electrons. The van der Waals surface area contributed by atoms with Gasteiger partial charge in [-0.2, -0.15) is 0 Å². The molecule has 0 amide bonds. The Morgan fingerprint density at radius 2 is 1.95 bits per heavy atom. The van der Waals surface area contributed by atoms with Gasteiger partial charge in [0.15, 0.2) is 0 Å². The number of anilines is 1. The van der Waals surface area contributed by atoms with E-state index in [9.17, 15) is 0 Å². The van der Waals surface area contributed by atoms with E-state index in [-0.39, 0.29) is 5.54 Å². The molecule has 3 nitrogen and oxygen atoms in total. The maximum Gasteiger partial charge on any atom is 0.0584 e. The van der Waals surface area contributed by atoms with E-state index in [2.05, 4.69) is 64.6 Å². The van der Waals surface area contributed by atoms with Gasteiger partial charge in [-0.15, -0.1) is 0 Å². The second kappa shape index (κ2) is 5.25. The van der Waals surface area contributed by atoms with Gasteiger partial charge in [0.2, 0.25) is 0 Å². The molecule has 1 atom stereocenters. The zero-order valence-electron chi connectivity index (χ0n) is 12.1. The number of rotatable bonds is 2. The van der Waals surface area contributed by atoms with Crippen LogP contribution in [0.25, 0.3) is 0 Å². The van der Waals surface area contributed by atoms with Crippen LogP contribution in [0.2, 0.25) is 0 Å². The van der Waals surface area contributed by atoms with Crippen molar-refractivity contribution in [3.8, 4) is 0 Å². The molecule has 0 radical (unpaired) electrons. The van der Waals surface area contributed by atoms with Crippen LogP contribution in [0.5, 0.6) is 0 Å². The van der Waals surface area contributed by atoms with Gasteiger partial charge in [0.1, 0.15) is 0 Å². The molecule has 0 saturated carbocycles. The van der Waals surface area contributed by atoms with Gasteiger partial charge in [-0.1, -0.05) is 30.3 Å². The molecule has 0 aliphatic carbocycles. The zero-order valence-corrected chi connectivity index (χ0v) is 12.1. The largest absolute Gasteiger partial charge is 0.367 e. The Hall–Kier alpha value is -1.87. The first kappa shape index (κ1) is 13.1. The van der Waals surface area contributed by atoms with E-state index >= 15 is 0 Å². The minimum atomic E-state index is -0.00953. The summed E-state index contributed by atoms with van der Waals surface area (Å²) in [5.41, 5.74) is 3.60. The van der Waals surface area contributed by atoms with Crippen LogP contribution in [0.4, 0.5) is 5.69 Å². The molecule has 2 aromatic rings. The van der Waals surface area contributed by atoms with Gasteiger partial charge >= 0.3 is 0 Å². The Kier molecular flexibility index (Phi) is 3.45. The molecule has 3 heteroatoms. The first-order valence-electron chi connectivity index (χ1n) is 7.16. The fourth-order valence-corrected chi connectivity index (χ4v) is 2.85. The summed E-state index contributed by atoms with van der Waals surface area (Å²) in [7, 11) is 0. The smallest absolute Gasteiger partial charge is 0.0584 e. The second-order valence-corrected chi connectivity index (χ2v) is 5.70. The van der Waals surface area contributed by atoms with E-state index in [4.69, 9.17) is 0 Å². The van der Waals surface area contributed by atoms with Crippen LogP contribution in [0.15, 0.2) is 48.7 Å². The number of pyridine rings is 1. The highest BCUT2D eigenvalue weighted by molar-refractivity contribution is 5.46. The third kappa shape index (κ3) is 2.54.